The highest BCUT2D eigenvalue weighted by molar-refractivity contribution is 6.30. The molecule has 21 heavy (non-hydrogen) atoms. The van der Waals surface area contributed by atoms with Gasteiger partial charge in [0, 0.05) is 17.1 Å². The lowest BCUT2D eigenvalue weighted by atomic mass is 10.2. The molecule has 1 aromatic heterocycles. The van der Waals surface area contributed by atoms with Crippen molar-refractivity contribution in [2.24, 2.45) is 0 Å². The van der Waals surface area contributed by atoms with Crippen molar-refractivity contribution < 1.29 is 9.66 Å². The molecule has 2 aromatic rings. The number of methoxy groups -OCH3 is 1. The topological polar surface area (TPSA) is 73.4 Å². The van der Waals surface area contributed by atoms with Crippen LogP contribution < -0.4 is 4.74 Å². The Balaban J connectivity index is 2.11. The van der Waals surface area contributed by atoms with E-state index in [4.69, 9.17) is 16.3 Å². The van der Waals surface area contributed by atoms with Gasteiger partial charge in [0.25, 0.3) is 0 Å². The largest absolute Gasteiger partial charge is 0.496 e. The van der Waals surface area contributed by atoms with E-state index in [1.54, 1.807) is 19.2 Å². The molecule has 1 heterocycles. The number of nitro groups is 1. The Hall–Kier alpha value is -2.12. The highest BCUT2D eigenvalue weighted by Crippen LogP contribution is 2.24. The quantitative estimate of drug-likeness (QED) is 0.605. The second-order valence-electron chi connectivity index (χ2n) is 4.56. The first-order valence-electron chi connectivity index (χ1n) is 6.18. The average molecular weight is 311 g/mol. The lowest BCUT2D eigenvalue weighted by Crippen LogP contribution is -2.23. The summed E-state index contributed by atoms with van der Waals surface area (Å²) in [5, 5.41) is 15.4. The first kappa shape index (κ1) is 15.3. The molecule has 0 aliphatic rings. The van der Waals surface area contributed by atoms with E-state index >= 15 is 0 Å². The van der Waals surface area contributed by atoms with E-state index in [9.17, 15) is 10.1 Å². The summed E-state index contributed by atoms with van der Waals surface area (Å²) in [5.41, 5.74) is 0.905. The van der Waals surface area contributed by atoms with Crippen molar-refractivity contribution >= 4 is 17.4 Å². The molecule has 0 aliphatic carbocycles. The molecule has 8 heteroatoms. The van der Waals surface area contributed by atoms with Crippen molar-refractivity contribution in [3.8, 4) is 5.75 Å². The van der Waals surface area contributed by atoms with Gasteiger partial charge in [-0.1, -0.05) is 16.7 Å². The van der Waals surface area contributed by atoms with Crippen LogP contribution in [0, 0.1) is 10.1 Å². The van der Waals surface area contributed by atoms with Crippen LogP contribution >= 0.6 is 11.6 Å². The van der Waals surface area contributed by atoms with Gasteiger partial charge in [-0.15, -0.1) is 4.68 Å². The molecule has 0 radical (unpaired) electrons. The summed E-state index contributed by atoms with van der Waals surface area (Å²) in [5.74, 6) is 0.682. The van der Waals surface area contributed by atoms with E-state index in [1.807, 2.05) is 18.0 Å². The summed E-state index contributed by atoms with van der Waals surface area (Å²) in [7, 11) is 3.43. The molecule has 0 bridgehead atoms. The minimum absolute atomic E-state index is 0.0418. The first-order valence-corrected chi connectivity index (χ1v) is 6.56. The zero-order valence-corrected chi connectivity index (χ0v) is 12.4. The van der Waals surface area contributed by atoms with E-state index in [0.717, 1.165) is 11.3 Å². The lowest BCUT2D eigenvalue weighted by molar-refractivity contribution is -0.393. The zero-order valence-electron chi connectivity index (χ0n) is 11.7. The van der Waals surface area contributed by atoms with Gasteiger partial charge < -0.3 is 14.9 Å². The van der Waals surface area contributed by atoms with Crippen molar-refractivity contribution in [1.29, 1.82) is 0 Å². The Morgan fingerprint density at radius 3 is 2.90 bits per heavy atom. The Labute approximate surface area is 126 Å². The second-order valence-corrected chi connectivity index (χ2v) is 4.99. The molecule has 0 atom stereocenters. The van der Waals surface area contributed by atoms with Crippen LogP contribution in [-0.2, 0) is 13.2 Å². The van der Waals surface area contributed by atoms with Gasteiger partial charge >= 0.3 is 5.82 Å². The van der Waals surface area contributed by atoms with Crippen molar-refractivity contribution in [2.45, 2.75) is 13.2 Å². The van der Waals surface area contributed by atoms with Crippen LogP contribution in [0.1, 0.15) is 5.56 Å². The van der Waals surface area contributed by atoms with Crippen LogP contribution in [0.25, 0.3) is 0 Å². The number of benzene rings is 1. The van der Waals surface area contributed by atoms with Crippen LogP contribution in [0.4, 0.5) is 5.82 Å². The number of hydrogen-bond acceptors (Lipinski definition) is 5. The standard InChI is InChI=1S/C13H15ClN4O3/c1-16(9-17-13(18(19)20)5-6-15-17)8-10-7-11(14)3-4-12(10)21-2/h3-7H,8-9H2,1-2H3. The van der Waals surface area contributed by atoms with Crippen LogP contribution in [0.2, 0.25) is 5.02 Å². The molecule has 0 saturated heterocycles. The SMILES string of the molecule is COc1ccc(Cl)cc1CN(C)Cn1nccc1[N+](=O)[O-]. The molecule has 0 saturated carbocycles. The Kier molecular flexibility index (Phi) is 4.77. The third-order valence-electron chi connectivity index (χ3n) is 2.94. The number of ether oxygens (including phenoxy) is 1. The van der Waals surface area contributed by atoms with Crippen molar-refractivity contribution in [2.75, 3.05) is 14.2 Å². The molecule has 112 valence electrons. The fourth-order valence-electron chi connectivity index (χ4n) is 2.03. The van der Waals surface area contributed by atoms with Gasteiger partial charge in [-0.25, -0.2) is 0 Å². The Morgan fingerprint density at radius 1 is 1.48 bits per heavy atom. The van der Waals surface area contributed by atoms with Gasteiger partial charge in [-0.3, -0.25) is 4.90 Å². The van der Waals surface area contributed by atoms with E-state index in [-0.39, 0.29) is 5.82 Å². The summed E-state index contributed by atoms with van der Waals surface area (Å²) in [6.07, 6.45) is 1.41. The third-order valence-corrected chi connectivity index (χ3v) is 3.17. The van der Waals surface area contributed by atoms with E-state index in [0.29, 0.717) is 18.2 Å². The second kappa shape index (κ2) is 6.55. The molecule has 0 unspecified atom stereocenters. The molecule has 1 aromatic carbocycles. The fraction of sp³-hybridized carbons (Fsp3) is 0.308. The number of aromatic nitrogens is 2. The summed E-state index contributed by atoms with van der Waals surface area (Å²) in [4.78, 5) is 12.3. The van der Waals surface area contributed by atoms with Gasteiger partial charge in [-0.05, 0) is 30.2 Å². The molecular formula is C13H15ClN4O3. The summed E-state index contributed by atoms with van der Waals surface area (Å²) >= 11 is 5.99. The van der Waals surface area contributed by atoms with E-state index in [1.165, 1.54) is 16.9 Å². The molecule has 0 amide bonds. The van der Waals surface area contributed by atoms with Crippen LogP contribution in [0.5, 0.6) is 5.75 Å². The minimum Gasteiger partial charge on any atom is -0.496 e. The summed E-state index contributed by atoms with van der Waals surface area (Å²) < 4.78 is 6.61. The molecular weight excluding hydrogens is 296 g/mol. The number of hydrogen-bond donors (Lipinski definition) is 0. The fourth-order valence-corrected chi connectivity index (χ4v) is 2.22. The Morgan fingerprint density at radius 2 is 2.24 bits per heavy atom. The number of rotatable bonds is 6. The molecule has 0 aliphatic heterocycles. The van der Waals surface area contributed by atoms with Crippen molar-refractivity contribution in [3.63, 3.8) is 0 Å². The monoisotopic (exact) mass is 310 g/mol. The van der Waals surface area contributed by atoms with Crippen molar-refractivity contribution in [3.05, 3.63) is 51.2 Å². The molecule has 0 N–H and O–H groups in total. The van der Waals surface area contributed by atoms with Crippen LogP contribution in [-0.4, -0.2) is 33.8 Å². The number of halogens is 1. The van der Waals surface area contributed by atoms with E-state index in [2.05, 4.69) is 5.10 Å². The maximum Gasteiger partial charge on any atom is 0.346 e. The molecule has 7 nitrogen and oxygen atoms in total. The minimum atomic E-state index is -0.458. The normalized spacial score (nSPS) is 10.9. The summed E-state index contributed by atoms with van der Waals surface area (Å²) in [6.45, 7) is 0.819. The van der Waals surface area contributed by atoms with Gasteiger partial charge in [0.05, 0.1) is 19.4 Å². The van der Waals surface area contributed by atoms with Gasteiger partial charge in [0.2, 0.25) is 0 Å². The average Bonchev–Trinajstić information content (AvgIpc) is 2.87. The number of nitrogens with zero attached hydrogens (tertiary/aromatic N) is 4. The first-order chi connectivity index (χ1) is 10.0. The maximum absolute atomic E-state index is 10.9. The Bertz CT molecular complexity index is 644. The van der Waals surface area contributed by atoms with E-state index < -0.39 is 4.92 Å². The van der Waals surface area contributed by atoms with Crippen molar-refractivity contribution in [1.82, 2.24) is 14.7 Å². The predicted octanol–water partition coefficient (Wildman–Crippen LogP) is 2.54. The van der Waals surface area contributed by atoms with Gasteiger partial charge in [0.1, 0.15) is 5.75 Å². The highest BCUT2D eigenvalue weighted by atomic mass is 35.5. The van der Waals surface area contributed by atoms with Gasteiger partial charge in [-0.2, -0.15) is 0 Å². The zero-order chi connectivity index (χ0) is 15.4. The third kappa shape index (κ3) is 3.71. The maximum atomic E-state index is 10.9. The summed E-state index contributed by atoms with van der Waals surface area (Å²) in [6, 6.07) is 6.73. The molecule has 0 spiro atoms. The molecule has 2 rings (SSSR count). The van der Waals surface area contributed by atoms with Crippen LogP contribution in [0.3, 0.4) is 0 Å². The molecule has 0 fully saturated rings. The van der Waals surface area contributed by atoms with Crippen LogP contribution in [0.15, 0.2) is 30.5 Å². The van der Waals surface area contributed by atoms with Gasteiger partial charge in [0.15, 0.2) is 6.67 Å². The smallest absolute Gasteiger partial charge is 0.346 e. The highest BCUT2D eigenvalue weighted by Gasteiger charge is 2.16. The predicted molar refractivity (Wildman–Crippen MR) is 78.4 cm³/mol. The lowest BCUT2D eigenvalue weighted by Gasteiger charge is -2.16.